The first-order valence-corrected chi connectivity index (χ1v) is 7.01. The largest absolute Gasteiger partial charge is 0.481 e. The number of carbonyl (C=O) groups is 2. The molecule has 2 heterocycles. The second-order valence-corrected chi connectivity index (χ2v) is 5.01. The Kier molecular flexibility index (Phi) is 5.08. The molecule has 1 aromatic heterocycles. The van der Waals surface area contributed by atoms with E-state index in [9.17, 15) is 9.59 Å². The maximum Gasteiger partial charge on any atom is 0.376 e. The van der Waals surface area contributed by atoms with Gasteiger partial charge in [0.05, 0.1) is 7.11 Å². The van der Waals surface area contributed by atoms with Crippen molar-refractivity contribution in [1.82, 2.24) is 9.97 Å². The van der Waals surface area contributed by atoms with E-state index in [1.54, 1.807) is 6.07 Å². The van der Waals surface area contributed by atoms with Crippen molar-refractivity contribution < 1.29 is 19.4 Å². The number of aromatic nitrogens is 2. The van der Waals surface area contributed by atoms with Crippen LogP contribution in [0.1, 0.15) is 42.7 Å². The number of rotatable bonds is 5. The molecule has 1 atom stereocenters. The molecule has 0 aromatic carbocycles. The van der Waals surface area contributed by atoms with E-state index >= 15 is 0 Å². The summed E-state index contributed by atoms with van der Waals surface area (Å²) < 4.78 is 4.62. The van der Waals surface area contributed by atoms with Crippen molar-refractivity contribution in [3.05, 3.63) is 18.1 Å². The highest BCUT2D eigenvalue weighted by atomic mass is 16.5. The Labute approximate surface area is 123 Å². The maximum absolute atomic E-state index is 11.5. The van der Waals surface area contributed by atoms with Gasteiger partial charge in [0.1, 0.15) is 5.82 Å². The van der Waals surface area contributed by atoms with E-state index in [1.165, 1.54) is 13.3 Å². The number of carboxylic acids is 1. The minimum atomic E-state index is -0.793. The molecule has 0 spiro atoms. The lowest BCUT2D eigenvalue weighted by Crippen LogP contribution is -2.40. The fourth-order valence-electron chi connectivity index (χ4n) is 2.59. The van der Waals surface area contributed by atoms with Crippen molar-refractivity contribution in [3.63, 3.8) is 0 Å². The lowest BCUT2D eigenvalue weighted by Gasteiger charge is -2.36. The number of carboxylic acid groups (broad SMARTS) is 1. The van der Waals surface area contributed by atoms with E-state index in [0.717, 1.165) is 25.8 Å². The Morgan fingerprint density at radius 1 is 1.48 bits per heavy atom. The Hall–Kier alpha value is -2.18. The summed E-state index contributed by atoms with van der Waals surface area (Å²) in [7, 11) is 1.29. The third-order valence-electron chi connectivity index (χ3n) is 3.62. The summed E-state index contributed by atoms with van der Waals surface area (Å²) >= 11 is 0. The highest BCUT2D eigenvalue weighted by molar-refractivity contribution is 5.85. The molecule has 1 aliphatic rings. The molecule has 114 valence electrons. The molecule has 1 aliphatic heterocycles. The first kappa shape index (κ1) is 15.2. The molecule has 21 heavy (non-hydrogen) atoms. The van der Waals surface area contributed by atoms with Gasteiger partial charge >= 0.3 is 11.9 Å². The average Bonchev–Trinajstić information content (AvgIpc) is 2.52. The molecule has 0 radical (unpaired) electrons. The van der Waals surface area contributed by atoms with Crippen LogP contribution in [0, 0.1) is 0 Å². The fraction of sp³-hybridized carbons (Fsp3) is 0.571. The van der Waals surface area contributed by atoms with Gasteiger partial charge in [-0.25, -0.2) is 14.8 Å². The van der Waals surface area contributed by atoms with Crippen LogP contribution >= 0.6 is 0 Å². The number of anilines is 1. The van der Waals surface area contributed by atoms with Crippen LogP contribution in [0.3, 0.4) is 0 Å². The van der Waals surface area contributed by atoms with E-state index in [-0.39, 0.29) is 18.3 Å². The van der Waals surface area contributed by atoms with Gasteiger partial charge in [-0.1, -0.05) is 0 Å². The van der Waals surface area contributed by atoms with Crippen molar-refractivity contribution in [2.24, 2.45) is 0 Å². The summed E-state index contributed by atoms with van der Waals surface area (Å²) in [6, 6.07) is 1.88. The summed E-state index contributed by atoms with van der Waals surface area (Å²) in [5, 5.41) is 8.84. The number of aliphatic carboxylic acids is 1. The summed E-state index contributed by atoms with van der Waals surface area (Å²) in [6.07, 6.45) is 5.28. The van der Waals surface area contributed by atoms with Gasteiger partial charge in [0.15, 0.2) is 0 Å². The molecular formula is C14H19N3O4. The number of hydrogen-bond donors (Lipinski definition) is 1. The van der Waals surface area contributed by atoms with Crippen LogP contribution < -0.4 is 4.90 Å². The van der Waals surface area contributed by atoms with Crippen molar-refractivity contribution >= 4 is 17.8 Å². The van der Waals surface area contributed by atoms with Gasteiger partial charge in [0.25, 0.3) is 0 Å². The Morgan fingerprint density at radius 2 is 2.29 bits per heavy atom. The number of ether oxygens (including phenoxy) is 1. The van der Waals surface area contributed by atoms with E-state index in [4.69, 9.17) is 5.11 Å². The molecule has 7 heteroatoms. The van der Waals surface area contributed by atoms with Crippen molar-refractivity contribution in [2.75, 3.05) is 18.6 Å². The molecule has 0 aliphatic carbocycles. The number of esters is 1. The van der Waals surface area contributed by atoms with Crippen LogP contribution in [-0.4, -0.2) is 46.7 Å². The lowest BCUT2D eigenvalue weighted by atomic mass is 9.98. The number of nitrogens with zero attached hydrogens (tertiary/aromatic N) is 3. The van der Waals surface area contributed by atoms with Crippen LogP contribution in [0.25, 0.3) is 0 Å². The number of carbonyl (C=O) groups excluding carboxylic acids is 1. The Morgan fingerprint density at radius 3 is 3.00 bits per heavy atom. The second kappa shape index (κ2) is 7.01. The first-order valence-electron chi connectivity index (χ1n) is 7.01. The molecule has 0 saturated carbocycles. The van der Waals surface area contributed by atoms with Gasteiger partial charge < -0.3 is 14.7 Å². The molecule has 0 bridgehead atoms. The summed E-state index contributed by atoms with van der Waals surface area (Å²) in [5.41, 5.74) is 0. The van der Waals surface area contributed by atoms with Gasteiger partial charge in [-0.2, -0.15) is 0 Å². The van der Waals surface area contributed by atoms with Gasteiger partial charge in [-0.15, -0.1) is 0 Å². The van der Waals surface area contributed by atoms with Crippen LogP contribution in [-0.2, 0) is 9.53 Å². The van der Waals surface area contributed by atoms with Crippen LogP contribution in [0.5, 0.6) is 0 Å². The summed E-state index contributed by atoms with van der Waals surface area (Å²) in [5.74, 6) is -0.688. The zero-order valence-electron chi connectivity index (χ0n) is 12.0. The third kappa shape index (κ3) is 3.90. The second-order valence-electron chi connectivity index (χ2n) is 5.01. The third-order valence-corrected chi connectivity index (χ3v) is 3.62. The summed E-state index contributed by atoms with van der Waals surface area (Å²) in [4.78, 5) is 32.5. The van der Waals surface area contributed by atoms with Crippen LogP contribution in [0.15, 0.2) is 12.3 Å². The molecule has 1 fully saturated rings. The maximum atomic E-state index is 11.5. The van der Waals surface area contributed by atoms with Crippen molar-refractivity contribution in [2.45, 2.75) is 38.1 Å². The minimum absolute atomic E-state index is 0.0255. The van der Waals surface area contributed by atoms with Crippen molar-refractivity contribution in [3.8, 4) is 0 Å². The standard InChI is InChI=1S/C14H19N3O4/c1-21-14(20)13-15-8-7-11(16-13)17-9-3-2-4-10(17)5-6-12(18)19/h7-8,10H,2-6,9H2,1H3,(H,18,19). The summed E-state index contributed by atoms with van der Waals surface area (Å²) in [6.45, 7) is 0.807. The Bertz CT molecular complexity index is 521. The molecule has 1 saturated heterocycles. The van der Waals surface area contributed by atoms with Gasteiger partial charge in [-0.3, -0.25) is 4.79 Å². The monoisotopic (exact) mass is 293 g/mol. The fourth-order valence-corrected chi connectivity index (χ4v) is 2.59. The smallest absolute Gasteiger partial charge is 0.376 e. The zero-order valence-corrected chi connectivity index (χ0v) is 12.0. The molecule has 7 nitrogen and oxygen atoms in total. The predicted octanol–water partition coefficient (Wildman–Crippen LogP) is 1.49. The minimum Gasteiger partial charge on any atom is -0.481 e. The molecular weight excluding hydrogens is 274 g/mol. The van der Waals surface area contributed by atoms with E-state index < -0.39 is 11.9 Å². The number of piperidine rings is 1. The molecule has 1 aromatic rings. The molecule has 1 N–H and O–H groups in total. The average molecular weight is 293 g/mol. The first-order chi connectivity index (χ1) is 10.1. The number of methoxy groups -OCH3 is 1. The normalized spacial score (nSPS) is 18.3. The highest BCUT2D eigenvalue weighted by Gasteiger charge is 2.25. The Balaban J connectivity index is 2.16. The van der Waals surface area contributed by atoms with Gasteiger partial charge in [-0.05, 0) is 31.7 Å². The quantitative estimate of drug-likeness (QED) is 0.822. The SMILES string of the molecule is COC(=O)c1nccc(N2CCCCC2CCC(=O)O)n1. The highest BCUT2D eigenvalue weighted by Crippen LogP contribution is 2.25. The van der Waals surface area contributed by atoms with Crippen molar-refractivity contribution in [1.29, 1.82) is 0 Å². The predicted molar refractivity (Wildman–Crippen MR) is 75.2 cm³/mol. The van der Waals surface area contributed by atoms with Crippen LogP contribution in [0.2, 0.25) is 0 Å². The van der Waals surface area contributed by atoms with E-state index in [1.807, 2.05) is 0 Å². The van der Waals surface area contributed by atoms with Gasteiger partial charge in [0.2, 0.25) is 5.82 Å². The lowest BCUT2D eigenvalue weighted by molar-refractivity contribution is -0.137. The topological polar surface area (TPSA) is 92.6 Å². The molecule has 1 unspecified atom stereocenters. The van der Waals surface area contributed by atoms with E-state index in [0.29, 0.717) is 12.2 Å². The van der Waals surface area contributed by atoms with E-state index in [2.05, 4.69) is 19.6 Å². The molecule has 0 amide bonds. The van der Waals surface area contributed by atoms with Gasteiger partial charge in [0, 0.05) is 25.2 Å². The molecule has 2 rings (SSSR count). The van der Waals surface area contributed by atoms with Crippen LogP contribution in [0.4, 0.5) is 5.82 Å². The number of hydrogen-bond acceptors (Lipinski definition) is 6. The zero-order chi connectivity index (χ0) is 15.2.